The van der Waals surface area contributed by atoms with E-state index in [2.05, 4.69) is 16.0 Å². The predicted molar refractivity (Wildman–Crippen MR) is 81.1 cm³/mol. The van der Waals surface area contributed by atoms with Crippen molar-refractivity contribution >= 4 is 11.8 Å². The summed E-state index contributed by atoms with van der Waals surface area (Å²) in [5.74, 6) is 1.28. The maximum atomic E-state index is 12.1. The number of fused-ring (bicyclic) bond motifs is 1. The zero-order valence-corrected chi connectivity index (χ0v) is 12.7. The van der Waals surface area contributed by atoms with Crippen LogP contribution in [-0.4, -0.2) is 25.0 Å². The lowest BCUT2D eigenvalue weighted by Crippen LogP contribution is -2.44. The van der Waals surface area contributed by atoms with Crippen LogP contribution >= 0.6 is 0 Å². The molecular formula is C16H19N3O3. The number of amides is 2. The van der Waals surface area contributed by atoms with Gasteiger partial charge in [-0.2, -0.15) is 0 Å². The van der Waals surface area contributed by atoms with Crippen molar-refractivity contribution in [3.63, 3.8) is 0 Å². The maximum Gasteiger partial charge on any atom is 0.254 e. The molecule has 0 atom stereocenters. The van der Waals surface area contributed by atoms with Crippen LogP contribution in [0, 0.1) is 5.92 Å². The van der Waals surface area contributed by atoms with E-state index in [-0.39, 0.29) is 11.8 Å². The van der Waals surface area contributed by atoms with Crippen LogP contribution in [0.15, 0.2) is 29.7 Å². The number of benzene rings is 1. The van der Waals surface area contributed by atoms with E-state index in [1.165, 1.54) is 0 Å². The van der Waals surface area contributed by atoms with Crippen LogP contribution in [0.25, 0.3) is 0 Å². The van der Waals surface area contributed by atoms with Crippen LogP contribution < -0.4 is 20.7 Å². The van der Waals surface area contributed by atoms with Crippen molar-refractivity contribution in [1.82, 2.24) is 16.0 Å². The third kappa shape index (κ3) is 2.77. The summed E-state index contributed by atoms with van der Waals surface area (Å²) in [6, 6.07) is 5.33. The van der Waals surface area contributed by atoms with Gasteiger partial charge in [0, 0.05) is 18.5 Å². The quantitative estimate of drug-likeness (QED) is 0.775. The summed E-state index contributed by atoms with van der Waals surface area (Å²) >= 11 is 0. The van der Waals surface area contributed by atoms with Gasteiger partial charge in [-0.15, -0.1) is 0 Å². The van der Waals surface area contributed by atoms with Crippen LogP contribution in [0.2, 0.25) is 0 Å². The van der Waals surface area contributed by atoms with Crippen LogP contribution in [0.3, 0.4) is 0 Å². The average molecular weight is 301 g/mol. The van der Waals surface area contributed by atoms with E-state index in [9.17, 15) is 9.59 Å². The summed E-state index contributed by atoms with van der Waals surface area (Å²) in [4.78, 5) is 23.9. The Morgan fingerprint density at radius 2 is 2.18 bits per heavy atom. The third-order valence-corrected chi connectivity index (χ3v) is 3.63. The lowest BCUT2D eigenvalue weighted by molar-refractivity contribution is -0.118. The number of hydrogen-bond donors (Lipinski definition) is 3. The summed E-state index contributed by atoms with van der Waals surface area (Å²) in [5.41, 5.74) is 2.05. The Bertz CT molecular complexity index is 665. The summed E-state index contributed by atoms with van der Waals surface area (Å²) < 4.78 is 5.75. The normalized spacial score (nSPS) is 16.2. The summed E-state index contributed by atoms with van der Waals surface area (Å²) in [5, 5.41) is 8.61. The molecule has 0 unspecified atom stereocenters. The molecule has 2 amide bonds. The van der Waals surface area contributed by atoms with E-state index < -0.39 is 0 Å². The fourth-order valence-corrected chi connectivity index (χ4v) is 2.42. The molecule has 0 aliphatic carbocycles. The summed E-state index contributed by atoms with van der Waals surface area (Å²) in [7, 11) is 0. The molecule has 2 aliphatic rings. The van der Waals surface area contributed by atoms with E-state index in [4.69, 9.17) is 4.74 Å². The molecule has 6 heteroatoms. The first-order chi connectivity index (χ1) is 10.5. The van der Waals surface area contributed by atoms with Gasteiger partial charge in [0.1, 0.15) is 5.75 Å². The monoisotopic (exact) mass is 301 g/mol. The van der Waals surface area contributed by atoms with Crippen molar-refractivity contribution in [3.8, 4) is 5.75 Å². The number of nitrogens with one attached hydrogen (secondary N) is 3. The van der Waals surface area contributed by atoms with Gasteiger partial charge in [-0.3, -0.25) is 9.59 Å². The molecule has 1 aromatic carbocycles. The summed E-state index contributed by atoms with van der Waals surface area (Å²) in [6.07, 6.45) is 0.497. The first-order valence-electron chi connectivity index (χ1n) is 7.39. The molecule has 6 nitrogen and oxygen atoms in total. The smallest absolute Gasteiger partial charge is 0.254 e. The van der Waals surface area contributed by atoms with Crippen molar-refractivity contribution < 1.29 is 14.3 Å². The van der Waals surface area contributed by atoms with Gasteiger partial charge >= 0.3 is 0 Å². The molecule has 2 aliphatic heterocycles. The van der Waals surface area contributed by atoms with Crippen molar-refractivity contribution in [2.45, 2.75) is 20.3 Å². The number of rotatable bonds is 3. The van der Waals surface area contributed by atoms with Gasteiger partial charge < -0.3 is 20.7 Å². The molecule has 0 spiro atoms. The minimum atomic E-state index is -0.116. The Morgan fingerprint density at radius 3 is 2.95 bits per heavy atom. The van der Waals surface area contributed by atoms with Gasteiger partial charge in [0.2, 0.25) is 5.88 Å². The molecule has 0 saturated heterocycles. The predicted octanol–water partition coefficient (Wildman–Crippen LogP) is 0.896. The van der Waals surface area contributed by atoms with E-state index in [0.717, 1.165) is 5.56 Å². The number of carbonyl (C=O) groups is 2. The molecule has 3 rings (SSSR count). The first kappa shape index (κ1) is 14.4. The topological polar surface area (TPSA) is 79.5 Å². The molecular weight excluding hydrogens is 282 g/mol. The van der Waals surface area contributed by atoms with Crippen LogP contribution in [0.5, 0.6) is 5.75 Å². The highest BCUT2D eigenvalue weighted by Gasteiger charge is 2.28. The van der Waals surface area contributed by atoms with Crippen molar-refractivity contribution in [1.29, 1.82) is 0 Å². The fraction of sp³-hybridized carbons (Fsp3) is 0.375. The van der Waals surface area contributed by atoms with E-state index >= 15 is 0 Å². The minimum Gasteiger partial charge on any atom is -0.441 e. The van der Waals surface area contributed by atoms with Gasteiger partial charge in [0.15, 0.2) is 0 Å². The molecule has 0 fully saturated rings. The zero-order valence-electron chi connectivity index (χ0n) is 12.7. The van der Waals surface area contributed by atoms with Crippen LogP contribution in [0.4, 0.5) is 0 Å². The van der Waals surface area contributed by atoms with Crippen LogP contribution in [0.1, 0.15) is 29.8 Å². The average Bonchev–Trinajstić information content (AvgIpc) is 2.50. The van der Waals surface area contributed by atoms with Crippen molar-refractivity contribution in [2.24, 2.45) is 5.92 Å². The molecule has 0 bridgehead atoms. The Kier molecular flexibility index (Phi) is 3.75. The maximum absolute atomic E-state index is 12.1. The Labute approximate surface area is 128 Å². The molecule has 22 heavy (non-hydrogen) atoms. The van der Waals surface area contributed by atoms with E-state index in [1.54, 1.807) is 12.1 Å². The fourth-order valence-electron chi connectivity index (χ4n) is 2.42. The summed E-state index contributed by atoms with van der Waals surface area (Å²) in [6.45, 7) is 5.07. The Morgan fingerprint density at radius 1 is 1.36 bits per heavy atom. The van der Waals surface area contributed by atoms with Crippen molar-refractivity contribution in [3.05, 3.63) is 40.8 Å². The van der Waals surface area contributed by atoms with Gasteiger partial charge in [-0.1, -0.05) is 19.9 Å². The highest BCUT2D eigenvalue weighted by Crippen LogP contribution is 2.31. The first-order valence-corrected chi connectivity index (χ1v) is 7.39. The van der Waals surface area contributed by atoms with E-state index in [1.807, 2.05) is 19.9 Å². The van der Waals surface area contributed by atoms with Crippen LogP contribution in [-0.2, 0) is 11.2 Å². The largest absolute Gasteiger partial charge is 0.441 e. The molecule has 3 N–H and O–H groups in total. The second kappa shape index (κ2) is 5.71. The number of ether oxygens (including phenoxy) is 1. The number of hydrogen-bond acceptors (Lipinski definition) is 4. The highest BCUT2D eigenvalue weighted by molar-refractivity contribution is 5.96. The SMILES string of the molecule is CC(C)CNC(=O)c1ccc2c(c1)OC1=C(C2)C(=O)NCN1. The van der Waals surface area contributed by atoms with Gasteiger partial charge in [-0.25, -0.2) is 0 Å². The van der Waals surface area contributed by atoms with Gasteiger partial charge in [-0.05, 0) is 23.6 Å². The third-order valence-electron chi connectivity index (χ3n) is 3.63. The highest BCUT2D eigenvalue weighted by atomic mass is 16.5. The van der Waals surface area contributed by atoms with Gasteiger partial charge in [0.25, 0.3) is 11.8 Å². The lowest BCUT2D eigenvalue weighted by atomic mass is 9.99. The lowest BCUT2D eigenvalue weighted by Gasteiger charge is -2.27. The molecule has 2 heterocycles. The second-order valence-electron chi connectivity index (χ2n) is 5.87. The molecule has 0 radical (unpaired) electrons. The molecule has 0 aromatic heterocycles. The molecule has 0 saturated carbocycles. The zero-order chi connectivity index (χ0) is 15.7. The minimum absolute atomic E-state index is 0.113. The standard InChI is InChI=1S/C16H19N3O3/c1-9(2)7-17-14(20)11-4-3-10-5-12-15(21)18-8-19-16(12)22-13(10)6-11/h3-4,6,9,19H,5,7-8H2,1-2H3,(H,17,20)(H,18,21). The van der Waals surface area contributed by atoms with E-state index in [0.29, 0.717) is 48.3 Å². The Balaban J connectivity index is 1.80. The Hall–Kier alpha value is -2.50. The molecule has 1 aromatic rings. The van der Waals surface area contributed by atoms with Gasteiger partial charge in [0.05, 0.1) is 12.2 Å². The molecule has 116 valence electrons. The number of carbonyl (C=O) groups excluding carboxylic acids is 2. The second-order valence-corrected chi connectivity index (χ2v) is 5.87. The van der Waals surface area contributed by atoms with Crippen molar-refractivity contribution in [2.75, 3.05) is 13.2 Å².